The molecule has 5 atom stereocenters. The summed E-state index contributed by atoms with van der Waals surface area (Å²) in [5.41, 5.74) is 11.3. The first-order valence-electron chi connectivity index (χ1n) is 22.6. The topological polar surface area (TPSA) is 83.2 Å². The second-order valence-corrected chi connectivity index (χ2v) is 18.4. The minimum absolute atomic E-state index is 0.228. The summed E-state index contributed by atoms with van der Waals surface area (Å²) < 4.78 is 5.11. The van der Waals surface area contributed by atoms with E-state index >= 15 is 0 Å². The summed E-state index contributed by atoms with van der Waals surface area (Å²) in [4.78, 5) is 28.2. The maximum atomic E-state index is 5.41. The van der Waals surface area contributed by atoms with E-state index in [0.29, 0.717) is 17.9 Å². The maximum absolute atomic E-state index is 5.41. The first-order valence-corrected chi connectivity index (χ1v) is 22.6. The van der Waals surface area contributed by atoms with Gasteiger partial charge < -0.3 is 19.4 Å². The molecule has 0 bridgehead atoms. The first kappa shape index (κ1) is 38.7. The Bertz CT molecular complexity index is 2390. The van der Waals surface area contributed by atoms with Gasteiger partial charge in [-0.2, -0.15) is 0 Å². The van der Waals surface area contributed by atoms with Crippen LogP contribution in [-0.4, -0.2) is 91.1 Å². The van der Waals surface area contributed by atoms with Crippen molar-refractivity contribution in [3.63, 3.8) is 0 Å². The molecule has 0 radical (unpaired) electrons. The minimum Gasteiger partial charge on any atom is -0.327 e. The van der Waals surface area contributed by atoms with Crippen molar-refractivity contribution in [2.45, 2.75) is 102 Å². The smallest absolute Gasteiger partial charge is 0.124 e. The number of hydrogen-bond acceptors (Lipinski definition) is 8. The van der Waals surface area contributed by atoms with Crippen LogP contribution in [-0.2, 0) is 32.6 Å². The van der Waals surface area contributed by atoms with E-state index in [4.69, 9.17) is 19.9 Å². The number of piperidine rings is 2. The molecule has 2 aliphatic heterocycles. The molecule has 0 spiro atoms. The van der Waals surface area contributed by atoms with Crippen molar-refractivity contribution in [1.29, 1.82) is 0 Å². The maximum Gasteiger partial charge on any atom is 0.124 e. The van der Waals surface area contributed by atoms with Gasteiger partial charge in [-0.1, -0.05) is 30.3 Å². The largest absolute Gasteiger partial charge is 0.327 e. The molecule has 4 aliphatic rings. The number of imidazole rings is 2. The molecule has 2 aliphatic carbocycles. The molecule has 2 aromatic carbocycles. The van der Waals surface area contributed by atoms with Crippen molar-refractivity contribution < 1.29 is 0 Å². The standard InChI is InChI=1S/C49H62N10/c1-55-26-10-12-35(29-55)31-59-45-27-37(19-21-41(45)54-47(59)33-56(2)43-18-6-13-36-14-8-24-51-48(36)43)38-20-22-44(49-39(38)15-9-25-52-49)57(3)32-46-53-40-16-4-5-17-42(40)58(46)30-34-11-7-23-50-28-34/h4-5,8-9,14-17,19,21,24-25,27,34-35,38,43-44,50H,6-7,10-13,18,20,22-23,26,28-33H2,1-3H3/t34-,35-,38?,43-,44-/m0/s1. The van der Waals surface area contributed by atoms with Gasteiger partial charge in [0.1, 0.15) is 11.6 Å². The number of pyridine rings is 2. The van der Waals surface area contributed by atoms with E-state index in [1.807, 2.05) is 12.4 Å². The average Bonchev–Trinajstić information content (AvgIpc) is 3.78. The molecule has 10 rings (SSSR count). The van der Waals surface area contributed by atoms with E-state index in [-0.39, 0.29) is 12.0 Å². The molecular weight excluding hydrogens is 729 g/mol. The van der Waals surface area contributed by atoms with Crippen molar-refractivity contribution in [2.24, 2.45) is 11.8 Å². The Balaban J connectivity index is 0.941. The molecule has 4 aromatic heterocycles. The number of nitrogens with zero attached hydrogens (tertiary/aromatic N) is 9. The monoisotopic (exact) mass is 791 g/mol. The summed E-state index contributed by atoms with van der Waals surface area (Å²) in [7, 11) is 6.84. The summed E-state index contributed by atoms with van der Waals surface area (Å²) in [6.07, 6.45) is 14.6. The third-order valence-corrected chi connectivity index (χ3v) is 14.3. The van der Waals surface area contributed by atoms with Crippen LogP contribution in [0.3, 0.4) is 0 Å². The van der Waals surface area contributed by atoms with Crippen molar-refractivity contribution >= 4 is 22.1 Å². The van der Waals surface area contributed by atoms with E-state index in [9.17, 15) is 0 Å². The Labute approximate surface area is 350 Å². The number of aryl methyl sites for hydroxylation is 1. The van der Waals surface area contributed by atoms with Crippen molar-refractivity contribution in [3.8, 4) is 0 Å². The fraction of sp³-hybridized carbons (Fsp3) is 0.510. The number of nitrogens with one attached hydrogen (secondary N) is 1. The highest BCUT2D eigenvalue weighted by molar-refractivity contribution is 5.78. The molecule has 6 aromatic rings. The van der Waals surface area contributed by atoms with Gasteiger partial charge in [0.15, 0.2) is 0 Å². The number of rotatable bonds is 11. The highest BCUT2D eigenvalue weighted by atomic mass is 15.2. The Hall–Kier alpha value is -4.48. The van der Waals surface area contributed by atoms with Crippen LogP contribution in [0.2, 0.25) is 0 Å². The van der Waals surface area contributed by atoms with Gasteiger partial charge in [-0.05, 0) is 163 Å². The lowest BCUT2D eigenvalue weighted by atomic mass is 9.78. The van der Waals surface area contributed by atoms with Crippen molar-refractivity contribution in [2.75, 3.05) is 47.3 Å². The summed E-state index contributed by atoms with van der Waals surface area (Å²) in [6.45, 7) is 8.17. The number of hydrogen-bond donors (Lipinski definition) is 1. The fourth-order valence-electron chi connectivity index (χ4n) is 11.3. The first-order chi connectivity index (χ1) is 29.0. The summed E-state index contributed by atoms with van der Waals surface area (Å²) in [5.74, 6) is 3.86. The van der Waals surface area contributed by atoms with Gasteiger partial charge in [0.2, 0.25) is 0 Å². The number of aromatic nitrogens is 6. The zero-order chi connectivity index (χ0) is 39.9. The molecule has 6 heterocycles. The summed E-state index contributed by atoms with van der Waals surface area (Å²) in [6, 6.07) is 25.2. The number of fused-ring (bicyclic) bond motifs is 4. The molecule has 308 valence electrons. The lowest BCUT2D eigenvalue weighted by Crippen LogP contribution is -2.35. The number of para-hydroxylation sites is 2. The Morgan fingerprint density at radius 2 is 1.42 bits per heavy atom. The normalized spacial score (nSPS) is 23.9. The second-order valence-electron chi connectivity index (χ2n) is 18.4. The van der Waals surface area contributed by atoms with Crippen LogP contribution in [0.15, 0.2) is 79.1 Å². The Morgan fingerprint density at radius 1 is 0.695 bits per heavy atom. The molecule has 0 amide bonds. The van der Waals surface area contributed by atoms with Gasteiger partial charge in [0.25, 0.3) is 0 Å². The number of benzene rings is 2. The summed E-state index contributed by atoms with van der Waals surface area (Å²) >= 11 is 0. The van der Waals surface area contributed by atoms with Crippen LogP contribution in [0.4, 0.5) is 0 Å². The lowest BCUT2D eigenvalue weighted by molar-refractivity contribution is 0.184. The van der Waals surface area contributed by atoms with Gasteiger partial charge >= 0.3 is 0 Å². The quantitative estimate of drug-likeness (QED) is 0.141. The SMILES string of the molecule is CN1CCC[C@H](Cn2c(CN(C)[C@H]3CCCc4cccnc43)nc3ccc(C4CC[C@H](N(C)Cc5nc6ccccc6n5C[C@H]5CCCNC5)c5ncccc54)cc32)C1. The van der Waals surface area contributed by atoms with Crippen molar-refractivity contribution in [1.82, 2.24) is 49.1 Å². The van der Waals surface area contributed by atoms with Crippen LogP contribution >= 0.6 is 0 Å². The van der Waals surface area contributed by atoms with Gasteiger partial charge in [-0.25, -0.2) is 9.97 Å². The summed E-state index contributed by atoms with van der Waals surface area (Å²) in [5, 5.41) is 3.63. The zero-order valence-corrected chi connectivity index (χ0v) is 35.4. The van der Waals surface area contributed by atoms with Crippen LogP contribution in [0.25, 0.3) is 22.1 Å². The zero-order valence-electron chi connectivity index (χ0n) is 35.4. The van der Waals surface area contributed by atoms with Crippen LogP contribution in [0.5, 0.6) is 0 Å². The number of likely N-dealkylation sites (tertiary alicyclic amines) is 1. The molecule has 1 N–H and O–H groups in total. The molecule has 10 heteroatoms. The molecule has 59 heavy (non-hydrogen) atoms. The van der Waals surface area contributed by atoms with Crippen LogP contribution < -0.4 is 5.32 Å². The molecule has 2 fully saturated rings. The third-order valence-electron chi connectivity index (χ3n) is 14.3. The van der Waals surface area contributed by atoms with E-state index in [1.165, 1.54) is 83.6 Å². The van der Waals surface area contributed by atoms with E-state index in [1.54, 1.807) is 0 Å². The van der Waals surface area contributed by atoms with Crippen LogP contribution in [0.1, 0.15) is 109 Å². The second kappa shape index (κ2) is 16.9. The third kappa shape index (κ3) is 7.85. The fourth-order valence-corrected chi connectivity index (χ4v) is 11.3. The van der Waals surface area contributed by atoms with Gasteiger partial charge in [0.05, 0.1) is 58.6 Å². The molecule has 2 saturated heterocycles. The molecular formula is C49H62N10. The van der Waals surface area contributed by atoms with Gasteiger partial charge in [0, 0.05) is 37.9 Å². The van der Waals surface area contributed by atoms with Crippen molar-refractivity contribution in [3.05, 3.63) is 119 Å². The van der Waals surface area contributed by atoms with Crippen LogP contribution in [0, 0.1) is 11.8 Å². The van der Waals surface area contributed by atoms with Gasteiger partial charge in [-0.15, -0.1) is 0 Å². The average molecular weight is 791 g/mol. The van der Waals surface area contributed by atoms with E-state index in [2.05, 4.69) is 117 Å². The Kier molecular flexibility index (Phi) is 11.1. The predicted molar refractivity (Wildman–Crippen MR) is 236 cm³/mol. The minimum atomic E-state index is 0.228. The highest BCUT2D eigenvalue weighted by Crippen LogP contribution is 2.44. The predicted octanol–water partition coefficient (Wildman–Crippen LogP) is 8.13. The molecule has 10 nitrogen and oxygen atoms in total. The van der Waals surface area contributed by atoms with Gasteiger partial charge in [-0.3, -0.25) is 19.8 Å². The molecule has 0 saturated carbocycles. The van der Waals surface area contributed by atoms with E-state index in [0.717, 1.165) is 88.4 Å². The Morgan fingerprint density at radius 3 is 2.24 bits per heavy atom. The molecule has 1 unspecified atom stereocenters. The lowest BCUT2D eigenvalue weighted by Gasteiger charge is -2.36. The van der Waals surface area contributed by atoms with E-state index < -0.39 is 0 Å². The highest BCUT2D eigenvalue weighted by Gasteiger charge is 2.34.